The average Bonchev–Trinajstić information content (AvgIpc) is 2.96. The van der Waals surface area contributed by atoms with E-state index in [-0.39, 0.29) is 29.9 Å². The van der Waals surface area contributed by atoms with Gasteiger partial charge < -0.3 is 19.9 Å². The summed E-state index contributed by atoms with van der Waals surface area (Å²) < 4.78 is 10.6. The zero-order valence-corrected chi connectivity index (χ0v) is 11.0. The van der Waals surface area contributed by atoms with Crippen LogP contribution in [0.5, 0.6) is 5.75 Å². The van der Waals surface area contributed by atoms with E-state index < -0.39 is 5.97 Å². The molecule has 1 aliphatic rings. The van der Waals surface area contributed by atoms with E-state index >= 15 is 0 Å². The number of carboxylic acids is 1. The number of benzene rings is 1. The molecule has 6 heteroatoms. The summed E-state index contributed by atoms with van der Waals surface area (Å²) in [5.74, 6) is -1.19. The third kappa shape index (κ3) is 3.96. The number of nitrogens with one attached hydrogen (secondary N) is 1. The first kappa shape index (κ1) is 14.3. The first-order chi connectivity index (χ1) is 9.66. The normalized spacial score (nSPS) is 17.7. The van der Waals surface area contributed by atoms with Crippen LogP contribution in [0.15, 0.2) is 24.3 Å². The minimum absolute atomic E-state index is 0.0411. The molecule has 0 aliphatic carbocycles. The highest BCUT2D eigenvalue weighted by Gasteiger charge is 2.16. The fraction of sp³-hybridized carbons (Fsp3) is 0.429. The van der Waals surface area contributed by atoms with Crippen LogP contribution in [0.3, 0.4) is 0 Å². The first-order valence-electron chi connectivity index (χ1n) is 6.50. The van der Waals surface area contributed by atoms with Crippen molar-refractivity contribution in [1.82, 2.24) is 5.32 Å². The van der Waals surface area contributed by atoms with Crippen molar-refractivity contribution in [2.24, 2.45) is 0 Å². The van der Waals surface area contributed by atoms with Gasteiger partial charge in [-0.15, -0.1) is 0 Å². The number of carbonyl (C=O) groups is 2. The number of para-hydroxylation sites is 1. The molecule has 6 nitrogen and oxygen atoms in total. The Morgan fingerprint density at radius 1 is 1.40 bits per heavy atom. The van der Waals surface area contributed by atoms with Crippen molar-refractivity contribution in [2.45, 2.75) is 18.9 Å². The Labute approximate surface area is 116 Å². The highest BCUT2D eigenvalue weighted by Crippen LogP contribution is 2.17. The molecule has 0 bridgehead atoms. The molecule has 20 heavy (non-hydrogen) atoms. The summed E-state index contributed by atoms with van der Waals surface area (Å²) >= 11 is 0. The van der Waals surface area contributed by atoms with Crippen LogP contribution >= 0.6 is 0 Å². The fourth-order valence-electron chi connectivity index (χ4n) is 2.00. The Kier molecular flexibility index (Phi) is 4.95. The van der Waals surface area contributed by atoms with Gasteiger partial charge >= 0.3 is 5.97 Å². The maximum Gasteiger partial charge on any atom is 0.339 e. The molecule has 1 unspecified atom stereocenters. The van der Waals surface area contributed by atoms with Crippen molar-refractivity contribution < 1.29 is 24.2 Å². The van der Waals surface area contributed by atoms with Gasteiger partial charge in [-0.2, -0.15) is 0 Å². The molecule has 1 heterocycles. The lowest BCUT2D eigenvalue weighted by Gasteiger charge is -2.12. The number of aromatic carboxylic acids is 1. The van der Waals surface area contributed by atoms with E-state index in [0.29, 0.717) is 6.54 Å². The molecular weight excluding hydrogens is 262 g/mol. The van der Waals surface area contributed by atoms with Crippen molar-refractivity contribution in [3.8, 4) is 5.75 Å². The van der Waals surface area contributed by atoms with Crippen molar-refractivity contribution >= 4 is 11.9 Å². The Morgan fingerprint density at radius 2 is 2.20 bits per heavy atom. The standard InChI is InChI=1S/C14H17NO5/c16-13(15-8-10-4-3-7-19-10)9-20-12-6-2-1-5-11(12)14(17)18/h1-2,5-6,10H,3-4,7-9H2,(H,15,16)(H,17,18). The second-order valence-corrected chi connectivity index (χ2v) is 4.53. The molecule has 108 valence electrons. The Hall–Kier alpha value is -2.08. The van der Waals surface area contributed by atoms with Gasteiger partial charge in [-0.05, 0) is 25.0 Å². The summed E-state index contributed by atoms with van der Waals surface area (Å²) in [6, 6.07) is 6.22. The van der Waals surface area contributed by atoms with E-state index in [0.717, 1.165) is 19.4 Å². The number of rotatable bonds is 6. The van der Waals surface area contributed by atoms with Crippen LogP contribution in [-0.2, 0) is 9.53 Å². The number of carboxylic acid groups (broad SMARTS) is 1. The Bertz CT molecular complexity index is 482. The van der Waals surface area contributed by atoms with Gasteiger partial charge in [0.15, 0.2) is 6.61 Å². The Balaban J connectivity index is 1.79. The molecule has 0 aromatic heterocycles. The molecular formula is C14H17NO5. The van der Waals surface area contributed by atoms with E-state index in [4.69, 9.17) is 14.6 Å². The zero-order chi connectivity index (χ0) is 14.4. The topological polar surface area (TPSA) is 84.9 Å². The summed E-state index contributed by atoms with van der Waals surface area (Å²) in [6.45, 7) is 0.989. The monoisotopic (exact) mass is 279 g/mol. The summed E-state index contributed by atoms with van der Waals surface area (Å²) in [4.78, 5) is 22.6. The van der Waals surface area contributed by atoms with Gasteiger partial charge in [0.1, 0.15) is 11.3 Å². The van der Waals surface area contributed by atoms with Crippen molar-refractivity contribution in [2.75, 3.05) is 19.8 Å². The van der Waals surface area contributed by atoms with E-state index in [1.807, 2.05) is 0 Å². The lowest BCUT2D eigenvalue weighted by Crippen LogP contribution is -2.35. The average molecular weight is 279 g/mol. The third-order valence-electron chi connectivity index (χ3n) is 3.03. The van der Waals surface area contributed by atoms with Crippen LogP contribution < -0.4 is 10.1 Å². The van der Waals surface area contributed by atoms with E-state index in [1.54, 1.807) is 12.1 Å². The quantitative estimate of drug-likeness (QED) is 0.813. The van der Waals surface area contributed by atoms with E-state index in [2.05, 4.69) is 5.32 Å². The molecule has 1 aromatic rings. The summed E-state index contributed by atoms with van der Waals surface area (Å²) in [7, 11) is 0. The summed E-state index contributed by atoms with van der Waals surface area (Å²) in [6.07, 6.45) is 2.04. The first-order valence-corrected chi connectivity index (χ1v) is 6.50. The zero-order valence-electron chi connectivity index (χ0n) is 11.0. The number of ether oxygens (including phenoxy) is 2. The van der Waals surface area contributed by atoms with Crippen LogP contribution in [0.25, 0.3) is 0 Å². The maximum absolute atomic E-state index is 11.6. The minimum atomic E-state index is -1.08. The highest BCUT2D eigenvalue weighted by molar-refractivity contribution is 5.91. The van der Waals surface area contributed by atoms with Crippen molar-refractivity contribution in [3.05, 3.63) is 29.8 Å². The smallest absolute Gasteiger partial charge is 0.339 e. The molecule has 1 fully saturated rings. The number of hydrogen-bond acceptors (Lipinski definition) is 4. The predicted molar refractivity (Wildman–Crippen MR) is 70.9 cm³/mol. The second kappa shape index (κ2) is 6.91. The molecule has 2 N–H and O–H groups in total. The van der Waals surface area contributed by atoms with E-state index in [1.165, 1.54) is 12.1 Å². The van der Waals surface area contributed by atoms with Crippen molar-refractivity contribution in [3.63, 3.8) is 0 Å². The van der Waals surface area contributed by atoms with Crippen LogP contribution in [0, 0.1) is 0 Å². The fourth-order valence-corrected chi connectivity index (χ4v) is 2.00. The van der Waals surface area contributed by atoms with Crippen LogP contribution in [0.4, 0.5) is 0 Å². The lowest BCUT2D eigenvalue weighted by atomic mass is 10.2. The van der Waals surface area contributed by atoms with Gasteiger partial charge in [-0.3, -0.25) is 4.79 Å². The van der Waals surface area contributed by atoms with Crippen LogP contribution in [-0.4, -0.2) is 42.8 Å². The molecule has 0 spiro atoms. The lowest BCUT2D eigenvalue weighted by molar-refractivity contribution is -0.123. The summed E-state index contributed by atoms with van der Waals surface area (Å²) in [5.41, 5.74) is 0.0411. The van der Waals surface area contributed by atoms with Gasteiger partial charge in [0.05, 0.1) is 6.10 Å². The molecule has 1 atom stereocenters. The Morgan fingerprint density at radius 3 is 2.90 bits per heavy atom. The minimum Gasteiger partial charge on any atom is -0.483 e. The SMILES string of the molecule is O=C(COc1ccccc1C(=O)O)NCC1CCCO1. The molecule has 2 rings (SSSR count). The van der Waals surface area contributed by atoms with Gasteiger partial charge in [0.2, 0.25) is 0 Å². The summed E-state index contributed by atoms with van der Waals surface area (Å²) in [5, 5.41) is 11.7. The number of amides is 1. The van der Waals surface area contributed by atoms with Crippen LogP contribution in [0.1, 0.15) is 23.2 Å². The molecule has 1 saturated heterocycles. The third-order valence-corrected chi connectivity index (χ3v) is 3.03. The molecule has 1 aromatic carbocycles. The largest absolute Gasteiger partial charge is 0.483 e. The highest BCUT2D eigenvalue weighted by atomic mass is 16.5. The van der Waals surface area contributed by atoms with Gasteiger partial charge in [0.25, 0.3) is 5.91 Å². The maximum atomic E-state index is 11.6. The molecule has 0 saturated carbocycles. The molecule has 1 aliphatic heterocycles. The number of carbonyl (C=O) groups excluding carboxylic acids is 1. The van der Waals surface area contributed by atoms with Crippen LogP contribution in [0.2, 0.25) is 0 Å². The molecule has 0 radical (unpaired) electrons. The molecule has 1 amide bonds. The number of hydrogen-bond donors (Lipinski definition) is 2. The van der Waals surface area contributed by atoms with Crippen molar-refractivity contribution in [1.29, 1.82) is 0 Å². The van der Waals surface area contributed by atoms with Gasteiger partial charge in [-0.1, -0.05) is 12.1 Å². The second-order valence-electron chi connectivity index (χ2n) is 4.53. The van der Waals surface area contributed by atoms with Gasteiger partial charge in [0, 0.05) is 13.2 Å². The predicted octanol–water partition coefficient (Wildman–Crippen LogP) is 1.06. The van der Waals surface area contributed by atoms with Gasteiger partial charge in [-0.25, -0.2) is 4.79 Å². The van der Waals surface area contributed by atoms with E-state index in [9.17, 15) is 9.59 Å².